The SMILES string of the molecule is CC(=O)O[C@H]1CC[C@H]2[C@@H]3CC(=O)C4C(=O)CC[C@]4(C)[C@H]3CC[C@]2(C)C1. The van der Waals surface area contributed by atoms with Gasteiger partial charge in [-0.1, -0.05) is 13.8 Å². The second-order valence-corrected chi connectivity index (χ2v) is 9.66. The minimum Gasteiger partial charge on any atom is -0.463 e. The number of ether oxygens (including phenoxy) is 1. The molecule has 4 aliphatic rings. The Kier molecular flexibility index (Phi) is 3.90. The van der Waals surface area contributed by atoms with Gasteiger partial charge >= 0.3 is 5.97 Å². The van der Waals surface area contributed by atoms with Crippen LogP contribution in [-0.4, -0.2) is 23.6 Å². The molecule has 0 saturated heterocycles. The summed E-state index contributed by atoms with van der Waals surface area (Å²) in [6, 6.07) is 0. The van der Waals surface area contributed by atoms with Crippen LogP contribution in [0.4, 0.5) is 0 Å². The second kappa shape index (κ2) is 5.65. The zero-order valence-corrected chi connectivity index (χ0v) is 15.7. The van der Waals surface area contributed by atoms with Gasteiger partial charge in [-0.25, -0.2) is 0 Å². The maximum atomic E-state index is 12.8. The van der Waals surface area contributed by atoms with Gasteiger partial charge in [0.15, 0.2) is 0 Å². The molecule has 0 N–H and O–H groups in total. The van der Waals surface area contributed by atoms with Gasteiger partial charge in [-0.3, -0.25) is 14.4 Å². The van der Waals surface area contributed by atoms with E-state index in [0.717, 1.165) is 38.5 Å². The number of carbonyl (C=O) groups is 3. The number of esters is 1. The molecular weight excluding hydrogens is 316 g/mol. The van der Waals surface area contributed by atoms with E-state index in [9.17, 15) is 14.4 Å². The smallest absolute Gasteiger partial charge is 0.302 e. The van der Waals surface area contributed by atoms with E-state index in [1.165, 1.54) is 6.92 Å². The Morgan fingerprint density at radius 2 is 1.80 bits per heavy atom. The highest BCUT2D eigenvalue weighted by atomic mass is 16.5. The largest absolute Gasteiger partial charge is 0.463 e. The number of fused-ring (bicyclic) bond motifs is 5. The van der Waals surface area contributed by atoms with Crippen molar-refractivity contribution in [2.75, 3.05) is 0 Å². The van der Waals surface area contributed by atoms with E-state index in [0.29, 0.717) is 30.6 Å². The number of carbonyl (C=O) groups excluding carboxylic acids is 3. The van der Waals surface area contributed by atoms with Crippen LogP contribution in [0, 0.1) is 34.5 Å². The molecule has 0 radical (unpaired) electrons. The average Bonchev–Trinajstić information content (AvgIpc) is 2.82. The predicted octanol–water partition coefficient (Wildman–Crippen LogP) is 3.71. The molecular formula is C21H30O4. The van der Waals surface area contributed by atoms with Crippen molar-refractivity contribution in [2.45, 2.75) is 78.2 Å². The molecule has 0 aromatic carbocycles. The summed E-state index contributed by atoms with van der Waals surface area (Å²) in [5, 5.41) is 0. The van der Waals surface area contributed by atoms with E-state index >= 15 is 0 Å². The quantitative estimate of drug-likeness (QED) is 0.536. The zero-order valence-electron chi connectivity index (χ0n) is 15.7. The average molecular weight is 346 g/mol. The minimum absolute atomic E-state index is 0.0333. The Hall–Kier alpha value is -1.19. The number of hydrogen-bond acceptors (Lipinski definition) is 4. The Balaban J connectivity index is 1.60. The summed E-state index contributed by atoms with van der Waals surface area (Å²) < 4.78 is 5.52. The van der Waals surface area contributed by atoms with E-state index in [4.69, 9.17) is 4.74 Å². The second-order valence-electron chi connectivity index (χ2n) is 9.66. The van der Waals surface area contributed by atoms with Crippen LogP contribution in [0.2, 0.25) is 0 Å². The molecule has 0 heterocycles. The molecule has 0 bridgehead atoms. The lowest BCUT2D eigenvalue weighted by molar-refractivity contribution is -0.163. The van der Waals surface area contributed by atoms with Gasteiger partial charge in [0.05, 0.1) is 5.92 Å². The fourth-order valence-corrected chi connectivity index (χ4v) is 7.27. The Morgan fingerprint density at radius 1 is 1.04 bits per heavy atom. The van der Waals surface area contributed by atoms with Gasteiger partial charge in [0.2, 0.25) is 0 Å². The van der Waals surface area contributed by atoms with Crippen LogP contribution < -0.4 is 0 Å². The normalized spacial score (nSPS) is 49.2. The van der Waals surface area contributed by atoms with Crippen LogP contribution >= 0.6 is 0 Å². The van der Waals surface area contributed by atoms with Crippen molar-refractivity contribution in [3.8, 4) is 0 Å². The van der Waals surface area contributed by atoms with Crippen molar-refractivity contribution in [2.24, 2.45) is 34.5 Å². The van der Waals surface area contributed by atoms with E-state index in [1.54, 1.807) is 0 Å². The van der Waals surface area contributed by atoms with Crippen molar-refractivity contribution in [1.29, 1.82) is 0 Å². The van der Waals surface area contributed by atoms with Crippen LogP contribution in [-0.2, 0) is 19.1 Å². The van der Waals surface area contributed by atoms with Crippen molar-refractivity contribution in [3.63, 3.8) is 0 Å². The summed E-state index contributed by atoms with van der Waals surface area (Å²) in [6.07, 6.45) is 7.22. The Labute approximate surface area is 150 Å². The predicted molar refractivity (Wildman–Crippen MR) is 92.7 cm³/mol. The first-order chi connectivity index (χ1) is 11.7. The van der Waals surface area contributed by atoms with Crippen LogP contribution in [0.3, 0.4) is 0 Å². The maximum Gasteiger partial charge on any atom is 0.302 e. The summed E-state index contributed by atoms with van der Waals surface area (Å²) in [4.78, 5) is 36.5. The Bertz CT molecular complexity index is 625. The lowest BCUT2D eigenvalue weighted by Gasteiger charge is -2.59. The van der Waals surface area contributed by atoms with Gasteiger partial charge in [-0.2, -0.15) is 0 Å². The molecule has 7 atom stereocenters. The minimum atomic E-state index is -0.324. The third-order valence-corrected chi connectivity index (χ3v) is 8.28. The molecule has 4 nitrogen and oxygen atoms in total. The lowest BCUT2D eigenvalue weighted by Crippen LogP contribution is -2.56. The molecule has 0 amide bonds. The molecule has 4 rings (SSSR count). The van der Waals surface area contributed by atoms with Crippen molar-refractivity contribution >= 4 is 17.5 Å². The third kappa shape index (κ3) is 2.50. The monoisotopic (exact) mass is 346 g/mol. The summed E-state index contributed by atoms with van der Waals surface area (Å²) in [6.45, 7) is 6.04. The highest BCUT2D eigenvalue weighted by Gasteiger charge is 2.62. The van der Waals surface area contributed by atoms with Crippen LogP contribution in [0.15, 0.2) is 0 Å². The van der Waals surface area contributed by atoms with Gasteiger partial charge < -0.3 is 4.74 Å². The fraction of sp³-hybridized carbons (Fsp3) is 0.857. The van der Waals surface area contributed by atoms with Crippen LogP contribution in [0.25, 0.3) is 0 Å². The standard InChI is InChI=1S/C21H30O4/c1-12(22)25-13-4-5-15-14-10-18(24)19-17(23)7-9-21(19,3)16(14)6-8-20(15,2)11-13/h13-16,19H,4-11H2,1-3H3/t13-,14-,15-,16-,19?,20+,21+/m0/s1. The van der Waals surface area contributed by atoms with E-state index in [1.807, 2.05) is 0 Å². The number of hydrogen-bond donors (Lipinski definition) is 0. The molecule has 4 heteroatoms. The first-order valence-electron chi connectivity index (χ1n) is 9.97. The first kappa shape index (κ1) is 17.2. The molecule has 4 fully saturated rings. The maximum absolute atomic E-state index is 12.8. The van der Waals surface area contributed by atoms with E-state index < -0.39 is 0 Å². The van der Waals surface area contributed by atoms with Crippen LogP contribution in [0.1, 0.15) is 72.1 Å². The van der Waals surface area contributed by atoms with E-state index in [2.05, 4.69) is 13.8 Å². The van der Waals surface area contributed by atoms with Crippen LogP contribution in [0.5, 0.6) is 0 Å². The molecule has 25 heavy (non-hydrogen) atoms. The number of ketones is 2. The Morgan fingerprint density at radius 3 is 2.52 bits per heavy atom. The fourth-order valence-electron chi connectivity index (χ4n) is 7.27. The highest BCUT2D eigenvalue weighted by molar-refractivity contribution is 6.05. The topological polar surface area (TPSA) is 60.4 Å². The lowest BCUT2D eigenvalue weighted by atomic mass is 9.45. The van der Waals surface area contributed by atoms with Gasteiger partial charge in [0.1, 0.15) is 17.7 Å². The highest BCUT2D eigenvalue weighted by Crippen LogP contribution is 2.64. The summed E-state index contributed by atoms with van der Waals surface area (Å²) in [5.74, 6) is 1.33. The summed E-state index contributed by atoms with van der Waals surface area (Å²) >= 11 is 0. The molecule has 1 unspecified atom stereocenters. The van der Waals surface area contributed by atoms with E-state index in [-0.39, 0.29) is 40.4 Å². The summed E-state index contributed by atoms with van der Waals surface area (Å²) in [7, 11) is 0. The summed E-state index contributed by atoms with van der Waals surface area (Å²) in [5.41, 5.74) is 0.0524. The van der Waals surface area contributed by atoms with Crippen molar-refractivity contribution in [3.05, 3.63) is 0 Å². The zero-order chi connectivity index (χ0) is 18.0. The van der Waals surface area contributed by atoms with Gasteiger partial charge in [0.25, 0.3) is 0 Å². The number of rotatable bonds is 1. The van der Waals surface area contributed by atoms with Gasteiger partial charge in [-0.15, -0.1) is 0 Å². The molecule has 0 aromatic heterocycles. The molecule has 4 saturated carbocycles. The van der Waals surface area contributed by atoms with Gasteiger partial charge in [0, 0.05) is 19.8 Å². The third-order valence-electron chi connectivity index (χ3n) is 8.28. The van der Waals surface area contributed by atoms with Crippen molar-refractivity contribution in [1.82, 2.24) is 0 Å². The molecule has 138 valence electrons. The molecule has 0 aromatic rings. The molecule has 4 aliphatic carbocycles. The molecule has 0 spiro atoms. The molecule has 0 aliphatic heterocycles. The van der Waals surface area contributed by atoms with Gasteiger partial charge in [-0.05, 0) is 67.1 Å². The number of Topliss-reactive ketones (excluding diaryl/α,β-unsaturated/α-hetero) is 2. The first-order valence-corrected chi connectivity index (χ1v) is 9.97. The van der Waals surface area contributed by atoms with Crippen molar-refractivity contribution < 1.29 is 19.1 Å².